The number of carbonyl (C=O) groups excluding carboxylic acids is 3. The first-order chi connectivity index (χ1) is 15.3. The predicted octanol–water partition coefficient (Wildman–Crippen LogP) is 2.50. The van der Waals surface area contributed by atoms with Gasteiger partial charge in [-0.05, 0) is 25.3 Å². The van der Waals surface area contributed by atoms with Gasteiger partial charge in [0.2, 0.25) is 0 Å². The summed E-state index contributed by atoms with van der Waals surface area (Å²) in [7, 11) is 4.32. The average molecular weight is 443 g/mol. The Balaban J connectivity index is 2.16. The van der Waals surface area contributed by atoms with E-state index in [1.165, 1.54) is 21.3 Å². The fourth-order valence-electron chi connectivity index (χ4n) is 4.46. The van der Waals surface area contributed by atoms with Crippen molar-refractivity contribution in [3.8, 4) is 5.75 Å². The van der Waals surface area contributed by atoms with Gasteiger partial charge in [0.05, 0.1) is 32.3 Å². The van der Waals surface area contributed by atoms with Crippen LogP contribution < -0.4 is 10.1 Å². The second kappa shape index (κ2) is 9.99. The Labute approximate surface area is 187 Å². The summed E-state index contributed by atoms with van der Waals surface area (Å²) in [6.07, 6.45) is 0.468. The number of para-hydroxylation sites is 1. The van der Waals surface area contributed by atoms with Crippen LogP contribution in [-0.2, 0) is 28.6 Å². The van der Waals surface area contributed by atoms with E-state index in [1.54, 1.807) is 13.0 Å². The Morgan fingerprint density at radius 1 is 1.12 bits per heavy atom. The topological polar surface area (TPSA) is 100 Å². The van der Waals surface area contributed by atoms with Gasteiger partial charge in [-0.25, -0.2) is 4.79 Å². The van der Waals surface area contributed by atoms with Crippen molar-refractivity contribution in [1.82, 2.24) is 5.32 Å². The fourth-order valence-corrected chi connectivity index (χ4v) is 4.46. The number of ketones is 1. The molecule has 0 saturated heterocycles. The molecule has 0 saturated carbocycles. The zero-order valence-corrected chi connectivity index (χ0v) is 19.0. The lowest BCUT2D eigenvalue weighted by Crippen LogP contribution is -2.43. The molecule has 3 atom stereocenters. The SMILES string of the molecule is COCCOC(=O)C1=C(C)NC2=C(C(=O)[C@H](C(=O)OC)[C@H](C)C2)[C@@H]1c1ccccc1OC. The standard InChI is InChI=1S/C24H29NO7/c1-13-12-16-21(22(26)18(13)23(27)31-5)20(15-8-6-7-9-17(15)30-4)19(14(2)25-16)24(28)32-11-10-29-3/h6-9,13,18,20,25H,10-12H2,1-5H3/t13-,18-,20-/m1/s1. The van der Waals surface area contributed by atoms with Crippen LogP contribution in [0.2, 0.25) is 0 Å². The summed E-state index contributed by atoms with van der Waals surface area (Å²) in [5.74, 6) is -2.90. The molecule has 0 fully saturated rings. The van der Waals surface area contributed by atoms with Crippen LogP contribution in [0.1, 0.15) is 31.7 Å². The van der Waals surface area contributed by atoms with Crippen LogP contribution in [0.15, 0.2) is 46.8 Å². The van der Waals surface area contributed by atoms with Crippen molar-refractivity contribution in [3.63, 3.8) is 0 Å². The summed E-state index contributed by atoms with van der Waals surface area (Å²) in [6.45, 7) is 3.95. The molecule has 0 unspecified atom stereocenters. The van der Waals surface area contributed by atoms with Gasteiger partial charge in [-0.15, -0.1) is 0 Å². The van der Waals surface area contributed by atoms with E-state index in [9.17, 15) is 14.4 Å². The van der Waals surface area contributed by atoms with Crippen molar-refractivity contribution >= 4 is 17.7 Å². The quantitative estimate of drug-likeness (QED) is 0.390. The zero-order chi connectivity index (χ0) is 23.4. The van der Waals surface area contributed by atoms with Gasteiger partial charge in [-0.3, -0.25) is 9.59 Å². The summed E-state index contributed by atoms with van der Waals surface area (Å²) in [5, 5.41) is 3.23. The second-order valence-electron chi connectivity index (χ2n) is 7.91. The molecule has 1 N–H and O–H groups in total. The molecular weight excluding hydrogens is 414 g/mol. The number of hydrogen-bond donors (Lipinski definition) is 1. The van der Waals surface area contributed by atoms with E-state index in [-0.39, 0.29) is 24.9 Å². The summed E-state index contributed by atoms with van der Waals surface area (Å²) in [5.41, 5.74) is 2.61. The average Bonchev–Trinajstić information content (AvgIpc) is 2.77. The number of hydrogen-bond acceptors (Lipinski definition) is 8. The van der Waals surface area contributed by atoms with E-state index < -0.39 is 23.8 Å². The number of Topliss-reactive ketones (excluding diaryl/α,β-unsaturated/α-hetero) is 1. The molecule has 172 valence electrons. The third kappa shape index (κ3) is 4.27. The van der Waals surface area contributed by atoms with Crippen molar-refractivity contribution in [3.05, 3.63) is 52.4 Å². The maximum absolute atomic E-state index is 13.7. The number of dihydropyridines is 1. The highest BCUT2D eigenvalue weighted by Crippen LogP contribution is 2.47. The van der Waals surface area contributed by atoms with Crippen LogP contribution in [0.4, 0.5) is 0 Å². The molecule has 0 aromatic heterocycles. The van der Waals surface area contributed by atoms with Crippen LogP contribution in [0, 0.1) is 11.8 Å². The molecule has 8 nitrogen and oxygen atoms in total. The first-order valence-corrected chi connectivity index (χ1v) is 10.5. The van der Waals surface area contributed by atoms with Gasteiger partial charge in [0.25, 0.3) is 0 Å². The van der Waals surface area contributed by atoms with E-state index in [0.29, 0.717) is 40.3 Å². The molecule has 0 amide bonds. The van der Waals surface area contributed by atoms with Crippen molar-refractivity contribution in [2.24, 2.45) is 11.8 Å². The van der Waals surface area contributed by atoms with E-state index in [2.05, 4.69) is 5.32 Å². The lowest BCUT2D eigenvalue weighted by Gasteiger charge is -2.38. The fraction of sp³-hybridized carbons (Fsp3) is 0.458. The number of rotatable bonds is 7. The maximum Gasteiger partial charge on any atom is 0.336 e. The molecule has 0 radical (unpaired) electrons. The van der Waals surface area contributed by atoms with E-state index in [1.807, 2.05) is 25.1 Å². The largest absolute Gasteiger partial charge is 0.496 e. The van der Waals surface area contributed by atoms with Crippen LogP contribution >= 0.6 is 0 Å². The number of carbonyl (C=O) groups is 3. The van der Waals surface area contributed by atoms with Crippen molar-refractivity contribution in [1.29, 1.82) is 0 Å². The van der Waals surface area contributed by atoms with Gasteiger partial charge >= 0.3 is 11.9 Å². The highest BCUT2D eigenvalue weighted by Gasteiger charge is 2.47. The minimum absolute atomic E-state index is 0.0758. The zero-order valence-electron chi connectivity index (χ0n) is 19.0. The van der Waals surface area contributed by atoms with Gasteiger partial charge in [0.1, 0.15) is 18.3 Å². The number of methoxy groups -OCH3 is 3. The Bertz CT molecular complexity index is 978. The lowest BCUT2D eigenvalue weighted by molar-refractivity contribution is -0.151. The molecule has 1 aliphatic heterocycles. The Kier molecular flexibility index (Phi) is 7.35. The molecule has 0 spiro atoms. The van der Waals surface area contributed by atoms with Crippen LogP contribution in [0.5, 0.6) is 5.75 Å². The summed E-state index contributed by atoms with van der Waals surface area (Å²) in [6, 6.07) is 7.22. The van der Waals surface area contributed by atoms with E-state index >= 15 is 0 Å². The molecule has 1 aromatic carbocycles. The third-order valence-corrected chi connectivity index (χ3v) is 5.93. The number of nitrogens with one attached hydrogen (secondary N) is 1. The van der Waals surface area contributed by atoms with Gasteiger partial charge in [0, 0.05) is 29.6 Å². The smallest absolute Gasteiger partial charge is 0.336 e. The van der Waals surface area contributed by atoms with Gasteiger partial charge < -0.3 is 24.3 Å². The molecule has 8 heteroatoms. The number of esters is 2. The Morgan fingerprint density at radius 2 is 1.84 bits per heavy atom. The summed E-state index contributed by atoms with van der Waals surface area (Å²) in [4.78, 5) is 39.3. The number of benzene rings is 1. The van der Waals surface area contributed by atoms with E-state index in [0.717, 1.165) is 0 Å². The van der Waals surface area contributed by atoms with Gasteiger partial charge in [-0.2, -0.15) is 0 Å². The summed E-state index contributed by atoms with van der Waals surface area (Å²) < 4.78 is 20.9. The molecule has 1 heterocycles. The predicted molar refractivity (Wildman–Crippen MR) is 116 cm³/mol. The molecule has 1 aliphatic carbocycles. The van der Waals surface area contributed by atoms with Gasteiger partial charge in [0.15, 0.2) is 5.78 Å². The number of ether oxygens (including phenoxy) is 4. The normalized spacial score (nSPS) is 22.8. The highest BCUT2D eigenvalue weighted by molar-refractivity contribution is 6.12. The minimum atomic E-state index is -0.943. The lowest BCUT2D eigenvalue weighted by atomic mass is 9.69. The maximum atomic E-state index is 13.7. The molecule has 2 aliphatic rings. The second-order valence-corrected chi connectivity index (χ2v) is 7.91. The monoisotopic (exact) mass is 443 g/mol. The minimum Gasteiger partial charge on any atom is -0.496 e. The molecule has 32 heavy (non-hydrogen) atoms. The molecule has 1 aromatic rings. The molecule has 3 rings (SSSR count). The van der Waals surface area contributed by atoms with Gasteiger partial charge in [-0.1, -0.05) is 25.1 Å². The molecular formula is C24H29NO7. The Morgan fingerprint density at radius 3 is 2.50 bits per heavy atom. The van der Waals surface area contributed by atoms with Crippen molar-refractivity contribution in [2.45, 2.75) is 26.2 Å². The Hall–Kier alpha value is -3.13. The molecule has 0 bridgehead atoms. The number of allylic oxidation sites excluding steroid dienone is 3. The third-order valence-electron chi connectivity index (χ3n) is 5.93. The van der Waals surface area contributed by atoms with Crippen LogP contribution in [0.3, 0.4) is 0 Å². The van der Waals surface area contributed by atoms with Crippen LogP contribution in [0.25, 0.3) is 0 Å². The summed E-state index contributed by atoms with van der Waals surface area (Å²) >= 11 is 0. The first kappa shape index (κ1) is 23.5. The van der Waals surface area contributed by atoms with Crippen molar-refractivity contribution < 1.29 is 33.3 Å². The van der Waals surface area contributed by atoms with Crippen LogP contribution in [-0.4, -0.2) is 52.3 Å². The first-order valence-electron chi connectivity index (χ1n) is 10.5. The highest BCUT2D eigenvalue weighted by atomic mass is 16.6. The van der Waals surface area contributed by atoms with Crippen molar-refractivity contribution in [2.75, 3.05) is 34.5 Å². The van der Waals surface area contributed by atoms with E-state index in [4.69, 9.17) is 18.9 Å².